The molecule has 0 fully saturated rings. The fourth-order valence-corrected chi connectivity index (χ4v) is 4.57. The quantitative estimate of drug-likeness (QED) is 0.335. The Kier molecular flexibility index (Phi) is 5.60. The van der Waals surface area contributed by atoms with Gasteiger partial charge in [-0.15, -0.1) is 0 Å². The average molecular weight is 481 g/mol. The van der Waals surface area contributed by atoms with Crippen molar-refractivity contribution in [3.8, 4) is 11.3 Å². The Balaban J connectivity index is 1.74. The molecule has 0 amide bonds. The van der Waals surface area contributed by atoms with Crippen molar-refractivity contribution in [2.24, 2.45) is 7.05 Å². The number of halogens is 2. The second-order valence-corrected chi connectivity index (χ2v) is 9.08. The minimum Gasteiger partial charge on any atom is -0.357 e. The summed E-state index contributed by atoms with van der Waals surface area (Å²) in [6.45, 7) is 4.08. The zero-order valence-electron chi connectivity index (χ0n) is 18.8. The predicted octanol–water partition coefficient (Wildman–Crippen LogP) is 4.99. The lowest BCUT2D eigenvalue weighted by Gasteiger charge is -2.12. The highest BCUT2D eigenvalue weighted by molar-refractivity contribution is 8.00. The minimum absolute atomic E-state index is 0.126. The van der Waals surface area contributed by atoms with E-state index in [0.717, 1.165) is 28.5 Å². The van der Waals surface area contributed by atoms with E-state index in [-0.39, 0.29) is 12.1 Å². The van der Waals surface area contributed by atoms with Crippen LogP contribution < -0.4 is 10.3 Å². The average Bonchev–Trinajstić information content (AvgIpc) is 3.39. The number of benzene rings is 1. The standard InChI is InChI=1S/C24H22F2N6OS/c1-4-34-30-20-10-19(18-12-31(3)24(33)21-17(18)5-6-27-21)29-23-22(20)28-13(2)32(23)11-14-7-15(25)9-16(26)8-14/h5-10,12,27H,4,11H2,1-3H3,(H,29,30). The van der Waals surface area contributed by atoms with E-state index in [4.69, 9.17) is 9.97 Å². The van der Waals surface area contributed by atoms with E-state index in [1.165, 1.54) is 28.6 Å². The van der Waals surface area contributed by atoms with Crippen molar-refractivity contribution < 1.29 is 8.78 Å². The minimum atomic E-state index is -0.632. The third-order valence-electron chi connectivity index (χ3n) is 5.65. The van der Waals surface area contributed by atoms with Gasteiger partial charge in [0.1, 0.15) is 28.5 Å². The van der Waals surface area contributed by atoms with Crippen LogP contribution in [0.2, 0.25) is 0 Å². The number of aryl methyl sites for hydroxylation is 2. The Bertz CT molecular complexity index is 1580. The third kappa shape index (κ3) is 3.83. The van der Waals surface area contributed by atoms with Crippen LogP contribution in [0.1, 0.15) is 18.3 Å². The summed E-state index contributed by atoms with van der Waals surface area (Å²) in [4.78, 5) is 25.2. The Morgan fingerprint density at radius 3 is 2.65 bits per heavy atom. The van der Waals surface area contributed by atoms with Crippen LogP contribution in [0.5, 0.6) is 0 Å². The summed E-state index contributed by atoms with van der Waals surface area (Å²) < 4.78 is 34.3. The van der Waals surface area contributed by atoms with Crippen LogP contribution in [-0.4, -0.2) is 29.8 Å². The number of aromatic amines is 1. The van der Waals surface area contributed by atoms with Crippen molar-refractivity contribution in [3.63, 3.8) is 0 Å². The number of imidazole rings is 1. The summed E-state index contributed by atoms with van der Waals surface area (Å²) >= 11 is 1.53. The van der Waals surface area contributed by atoms with Crippen LogP contribution in [0.25, 0.3) is 33.3 Å². The van der Waals surface area contributed by atoms with Crippen molar-refractivity contribution in [2.45, 2.75) is 20.4 Å². The third-order valence-corrected chi connectivity index (χ3v) is 6.31. The van der Waals surface area contributed by atoms with Crippen molar-refractivity contribution >= 4 is 39.7 Å². The number of fused-ring (bicyclic) bond motifs is 2. The van der Waals surface area contributed by atoms with E-state index in [0.29, 0.717) is 33.8 Å². The number of aromatic nitrogens is 5. The van der Waals surface area contributed by atoms with Gasteiger partial charge in [-0.3, -0.25) is 4.79 Å². The van der Waals surface area contributed by atoms with Gasteiger partial charge in [0.25, 0.3) is 5.56 Å². The Hall–Kier alpha value is -3.66. The molecule has 7 nitrogen and oxygen atoms in total. The number of pyridine rings is 2. The lowest BCUT2D eigenvalue weighted by Crippen LogP contribution is -2.16. The van der Waals surface area contributed by atoms with Gasteiger partial charge in [0.15, 0.2) is 5.65 Å². The van der Waals surface area contributed by atoms with E-state index in [9.17, 15) is 13.6 Å². The van der Waals surface area contributed by atoms with E-state index in [2.05, 4.69) is 9.71 Å². The van der Waals surface area contributed by atoms with Crippen molar-refractivity contribution in [2.75, 3.05) is 10.5 Å². The van der Waals surface area contributed by atoms with Crippen LogP contribution >= 0.6 is 11.9 Å². The maximum Gasteiger partial charge on any atom is 0.274 e. The molecule has 0 atom stereocenters. The highest BCUT2D eigenvalue weighted by Crippen LogP contribution is 2.33. The Morgan fingerprint density at radius 2 is 1.91 bits per heavy atom. The molecule has 1 aromatic carbocycles. The first-order valence-electron chi connectivity index (χ1n) is 10.7. The Labute approximate surface area is 198 Å². The first kappa shape index (κ1) is 22.1. The molecule has 0 aliphatic rings. The molecule has 0 saturated carbocycles. The second-order valence-electron chi connectivity index (χ2n) is 8.01. The summed E-state index contributed by atoms with van der Waals surface area (Å²) in [5, 5.41) is 0.763. The first-order valence-corrected chi connectivity index (χ1v) is 11.7. The summed E-state index contributed by atoms with van der Waals surface area (Å²) in [6, 6.07) is 7.23. The molecule has 10 heteroatoms. The zero-order chi connectivity index (χ0) is 24.0. The Morgan fingerprint density at radius 1 is 1.15 bits per heavy atom. The van der Waals surface area contributed by atoms with Gasteiger partial charge in [-0.1, -0.05) is 18.9 Å². The molecule has 0 bridgehead atoms. The SMILES string of the molecule is CCSNc1cc(-c2cn(C)c(=O)c3[nH]ccc23)nc2c1nc(C)n2Cc1cc(F)cc(F)c1. The molecular weight excluding hydrogens is 458 g/mol. The number of hydrogen-bond acceptors (Lipinski definition) is 5. The molecule has 0 radical (unpaired) electrons. The number of nitrogens with zero attached hydrogens (tertiary/aromatic N) is 4. The smallest absolute Gasteiger partial charge is 0.274 e. The predicted molar refractivity (Wildman–Crippen MR) is 132 cm³/mol. The highest BCUT2D eigenvalue weighted by atomic mass is 32.2. The first-order chi connectivity index (χ1) is 16.4. The molecule has 34 heavy (non-hydrogen) atoms. The van der Waals surface area contributed by atoms with Gasteiger partial charge >= 0.3 is 0 Å². The molecule has 0 unspecified atom stereocenters. The topological polar surface area (TPSA) is 80.5 Å². The van der Waals surface area contributed by atoms with E-state index >= 15 is 0 Å². The van der Waals surface area contributed by atoms with Gasteiger partial charge < -0.3 is 18.8 Å². The van der Waals surface area contributed by atoms with Crippen LogP contribution in [-0.2, 0) is 13.6 Å². The molecular formula is C24H22F2N6OS. The monoisotopic (exact) mass is 480 g/mol. The molecule has 0 saturated heterocycles. The summed E-state index contributed by atoms with van der Waals surface area (Å²) in [5.74, 6) is 0.240. The number of rotatable bonds is 6. The number of anilines is 1. The van der Waals surface area contributed by atoms with E-state index in [1.54, 1.807) is 19.4 Å². The van der Waals surface area contributed by atoms with Gasteiger partial charge in [0, 0.05) is 42.2 Å². The molecule has 2 N–H and O–H groups in total. The second kappa shape index (κ2) is 8.60. The maximum atomic E-state index is 13.8. The molecule has 174 valence electrons. The molecule has 5 aromatic rings. The number of H-pyrrole nitrogens is 1. The van der Waals surface area contributed by atoms with Crippen molar-refractivity contribution in [1.29, 1.82) is 0 Å². The lowest BCUT2D eigenvalue weighted by atomic mass is 10.1. The lowest BCUT2D eigenvalue weighted by molar-refractivity contribution is 0.577. The van der Waals surface area contributed by atoms with Gasteiger partial charge in [0.05, 0.1) is 17.9 Å². The molecule has 0 aliphatic carbocycles. The van der Waals surface area contributed by atoms with E-state index in [1.807, 2.05) is 30.5 Å². The molecule has 4 aromatic heterocycles. The molecule has 5 rings (SSSR count). The molecule has 0 spiro atoms. The molecule has 0 aliphatic heterocycles. The summed E-state index contributed by atoms with van der Waals surface area (Å²) in [5.41, 5.74) is 4.30. The van der Waals surface area contributed by atoms with E-state index < -0.39 is 11.6 Å². The van der Waals surface area contributed by atoms with Crippen LogP contribution in [0.3, 0.4) is 0 Å². The van der Waals surface area contributed by atoms with Crippen molar-refractivity contribution in [3.05, 3.63) is 76.1 Å². The van der Waals surface area contributed by atoms with Crippen LogP contribution in [0.4, 0.5) is 14.5 Å². The maximum absolute atomic E-state index is 13.8. The fraction of sp³-hybridized carbons (Fsp3) is 0.208. The summed E-state index contributed by atoms with van der Waals surface area (Å²) in [6.07, 6.45) is 3.49. The van der Waals surface area contributed by atoms with Crippen molar-refractivity contribution in [1.82, 2.24) is 24.1 Å². The van der Waals surface area contributed by atoms with Gasteiger partial charge in [-0.2, -0.15) is 0 Å². The number of nitrogens with one attached hydrogen (secondary N) is 2. The zero-order valence-corrected chi connectivity index (χ0v) is 19.6. The van der Waals surface area contributed by atoms with Gasteiger partial charge in [-0.25, -0.2) is 18.7 Å². The highest BCUT2D eigenvalue weighted by Gasteiger charge is 2.19. The normalized spacial score (nSPS) is 11.6. The van der Waals surface area contributed by atoms with Gasteiger partial charge in [-0.05, 0) is 36.8 Å². The summed E-state index contributed by atoms with van der Waals surface area (Å²) in [7, 11) is 1.70. The fourth-order valence-electron chi connectivity index (χ4n) is 4.11. The van der Waals surface area contributed by atoms with Crippen LogP contribution in [0, 0.1) is 18.6 Å². The molecule has 4 heterocycles. The van der Waals surface area contributed by atoms with Crippen LogP contribution in [0.15, 0.2) is 47.5 Å². The van der Waals surface area contributed by atoms with Gasteiger partial charge in [0.2, 0.25) is 0 Å². The number of hydrogen-bond donors (Lipinski definition) is 2. The largest absolute Gasteiger partial charge is 0.357 e.